The minimum absolute atomic E-state index is 0.209. The van der Waals surface area contributed by atoms with E-state index < -0.39 is 0 Å². The van der Waals surface area contributed by atoms with Gasteiger partial charge in [-0.05, 0) is 6.08 Å². The molecule has 1 aliphatic heterocycles. The van der Waals surface area contributed by atoms with Crippen LogP contribution in [0, 0.1) is 6.08 Å². The molecule has 2 heteroatoms. The largest absolute Gasteiger partial charge is 0.269 e. The number of hydrogen-bond donors (Lipinski definition) is 0. The molecule has 1 rings (SSSR count). The molecule has 0 saturated carbocycles. The van der Waals surface area contributed by atoms with Crippen molar-refractivity contribution in [2.45, 2.75) is 0 Å². The summed E-state index contributed by atoms with van der Waals surface area (Å²) >= 11 is 0. The molecule has 0 spiro atoms. The van der Waals surface area contributed by atoms with Crippen molar-refractivity contribution in [3.8, 4) is 0 Å². The van der Waals surface area contributed by atoms with Gasteiger partial charge in [-0.3, -0.25) is 4.79 Å². The van der Waals surface area contributed by atoms with Gasteiger partial charge < -0.3 is 0 Å². The fraction of sp³-hybridized carbons (Fsp3) is 0. The number of allylic oxidation sites excluding steroid dienone is 2. The van der Waals surface area contributed by atoms with E-state index in [4.69, 9.17) is 0 Å². The number of carbonyl (C=O) groups is 1. The predicted molar refractivity (Wildman–Crippen MR) is 24.1 cm³/mol. The van der Waals surface area contributed by atoms with Gasteiger partial charge in [-0.15, -0.1) is 0 Å². The standard InChI is InChI=1S/C5H3NO/c7-5-3-1-2-4-6-5/h1,3-4H. The normalized spacial score (nSPS) is 16.9. The minimum atomic E-state index is -0.209. The van der Waals surface area contributed by atoms with Crippen molar-refractivity contribution < 1.29 is 4.79 Å². The lowest BCUT2D eigenvalue weighted by atomic mass is 10.4. The maximum Gasteiger partial charge on any atom is 0.269 e. The Balaban J connectivity index is 2.66. The average Bonchev–Trinajstić information content (AvgIpc) is 1.69. The number of rotatable bonds is 0. The van der Waals surface area contributed by atoms with Crippen molar-refractivity contribution in [2.75, 3.05) is 0 Å². The van der Waals surface area contributed by atoms with E-state index in [-0.39, 0.29) is 5.91 Å². The summed E-state index contributed by atoms with van der Waals surface area (Å²) in [6.45, 7) is 0. The van der Waals surface area contributed by atoms with Crippen LogP contribution in [0.4, 0.5) is 0 Å². The van der Waals surface area contributed by atoms with Gasteiger partial charge in [0.15, 0.2) is 0 Å². The van der Waals surface area contributed by atoms with E-state index in [1.54, 1.807) is 0 Å². The quantitative estimate of drug-likeness (QED) is 0.415. The molecule has 0 aromatic rings. The van der Waals surface area contributed by atoms with Crippen molar-refractivity contribution >= 4 is 5.91 Å². The van der Waals surface area contributed by atoms with Crippen LogP contribution in [0.5, 0.6) is 0 Å². The minimum Gasteiger partial charge on any atom is -0.267 e. The first-order valence-electron chi connectivity index (χ1n) is 1.89. The van der Waals surface area contributed by atoms with E-state index in [0.717, 1.165) is 0 Å². The first-order chi connectivity index (χ1) is 3.39. The molecule has 1 heterocycles. The highest BCUT2D eigenvalue weighted by molar-refractivity contribution is 5.88. The Morgan fingerprint density at radius 2 is 2.57 bits per heavy atom. The molecular formula is C5H3NO. The Morgan fingerprint density at radius 3 is 2.86 bits per heavy atom. The lowest BCUT2D eigenvalue weighted by molar-refractivity contribution is -0.115. The molecule has 0 N–H and O–H groups in total. The molecule has 0 fully saturated rings. The Morgan fingerprint density at radius 1 is 1.71 bits per heavy atom. The predicted octanol–water partition coefficient (Wildman–Crippen LogP) is 0.00409. The molecule has 34 valence electrons. The summed E-state index contributed by atoms with van der Waals surface area (Å²) in [6.07, 6.45) is 6.87. The van der Waals surface area contributed by atoms with Gasteiger partial charge in [-0.2, -0.15) is 0 Å². The van der Waals surface area contributed by atoms with E-state index in [9.17, 15) is 4.79 Å². The van der Waals surface area contributed by atoms with Crippen molar-refractivity contribution in [3.05, 3.63) is 24.4 Å². The van der Waals surface area contributed by atoms with Crippen LogP contribution in [0.3, 0.4) is 0 Å². The lowest BCUT2D eigenvalue weighted by Crippen LogP contribution is -2.07. The van der Waals surface area contributed by atoms with Gasteiger partial charge in [0.1, 0.15) is 0 Å². The van der Waals surface area contributed by atoms with Crippen LogP contribution in [-0.4, -0.2) is 5.91 Å². The van der Waals surface area contributed by atoms with Gasteiger partial charge in [-0.25, -0.2) is 5.32 Å². The zero-order chi connectivity index (χ0) is 5.11. The van der Waals surface area contributed by atoms with E-state index in [2.05, 4.69) is 11.4 Å². The van der Waals surface area contributed by atoms with Crippen LogP contribution in [0.15, 0.2) is 18.4 Å². The third-order valence-corrected chi connectivity index (χ3v) is 0.588. The van der Waals surface area contributed by atoms with E-state index in [0.29, 0.717) is 0 Å². The van der Waals surface area contributed by atoms with Gasteiger partial charge in [-0.1, -0.05) is 0 Å². The third-order valence-electron chi connectivity index (χ3n) is 0.588. The van der Waals surface area contributed by atoms with E-state index in [1.807, 2.05) is 0 Å². The zero-order valence-corrected chi connectivity index (χ0v) is 3.59. The fourth-order valence-corrected chi connectivity index (χ4v) is 0.306. The maximum absolute atomic E-state index is 10.1. The van der Waals surface area contributed by atoms with E-state index in [1.165, 1.54) is 18.4 Å². The van der Waals surface area contributed by atoms with Gasteiger partial charge in [0, 0.05) is 18.4 Å². The van der Waals surface area contributed by atoms with Gasteiger partial charge >= 0.3 is 0 Å². The molecule has 7 heavy (non-hydrogen) atoms. The molecule has 0 saturated heterocycles. The van der Waals surface area contributed by atoms with Crippen LogP contribution in [0.25, 0.3) is 0 Å². The smallest absolute Gasteiger partial charge is 0.267 e. The maximum atomic E-state index is 10.1. The van der Waals surface area contributed by atoms with E-state index >= 15 is 0 Å². The van der Waals surface area contributed by atoms with Gasteiger partial charge in [0.25, 0.3) is 5.91 Å². The number of amides is 1. The van der Waals surface area contributed by atoms with Gasteiger partial charge in [0.05, 0.1) is 0 Å². The Kier molecular flexibility index (Phi) is 0.941. The van der Waals surface area contributed by atoms with Crippen LogP contribution in [0.1, 0.15) is 0 Å². The number of carbonyl (C=O) groups excluding carboxylic acids is 1. The molecule has 1 amide bonds. The first kappa shape index (κ1) is 4.12. The second-order valence-electron chi connectivity index (χ2n) is 1.10. The summed E-state index contributed by atoms with van der Waals surface area (Å²) in [7, 11) is 0. The molecule has 0 unspecified atom stereocenters. The monoisotopic (exact) mass is 93.0 g/mol. The average molecular weight is 93.1 g/mol. The highest BCUT2D eigenvalue weighted by Crippen LogP contribution is 1.82. The zero-order valence-electron chi connectivity index (χ0n) is 3.59. The summed E-state index contributed by atoms with van der Waals surface area (Å²) in [5.74, 6) is -0.209. The summed E-state index contributed by atoms with van der Waals surface area (Å²) in [6, 6.07) is 0. The van der Waals surface area contributed by atoms with Crippen LogP contribution in [0.2, 0.25) is 0 Å². The lowest BCUT2D eigenvalue weighted by Gasteiger charge is -1.88. The second kappa shape index (κ2) is 1.60. The summed E-state index contributed by atoms with van der Waals surface area (Å²) in [5, 5.41) is 3.37. The van der Waals surface area contributed by atoms with Crippen LogP contribution in [-0.2, 0) is 4.79 Å². The molecule has 2 nitrogen and oxygen atoms in total. The Hall–Kier alpha value is -1.05. The topological polar surface area (TPSA) is 31.2 Å². The highest BCUT2D eigenvalue weighted by Gasteiger charge is 1.93. The van der Waals surface area contributed by atoms with Gasteiger partial charge in [0.2, 0.25) is 0 Å². The fourth-order valence-electron chi connectivity index (χ4n) is 0.306. The summed E-state index contributed by atoms with van der Waals surface area (Å²) < 4.78 is 0. The molecule has 0 aliphatic carbocycles. The van der Waals surface area contributed by atoms with Crippen LogP contribution < -0.4 is 5.32 Å². The van der Waals surface area contributed by atoms with Crippen molar-refractivity contribution in [2.24, 2.45) is 0 Å². The second-order valence-corrected chi connectivity index (χ2v) is 1.10. The molecule has 0 bridgehead atoms. The van der Waals surface area contributed by atoms with Crippen molar-refractivity contribution in [3.63, 3.8) is 0 Å². The van der Waals surface area contributed by atoms with Crippen molar-refractivity contribution in [1.82, 2.24) is 5.32 Å². The molecule has 1 aliphatic rings. The number of nitrogens with zero attached hydrogens (tertiary/aromatic N) is 1. The molecule has 0 atom stereocenters. The summed E-state index contributed by atoms with van der Waals surface area (Å²) in [4.78, 5) is 10.1. The molecule has 0 aromatic carbocycles. The SMILES string of the molecule is O=C1C=C[C]=C[N]1. The van der Waals surface area contributed by atoms with Crippen molar-refractivity contribution in [1.29, 1.82) is 0 Å². The highest BCUT2D eigenvalue weighted by atomic mass is 16.1. The molecule has 2 radical (unpaired) electrons. The first-order valence-corrected chi connectivity index (χ1v) is 1.89. The Bertz CT molecular complexity index is 135. The Labute approximate surface area is 41.5 Å². The number of hydrogen-bond acceptors (Lipinski definition) is 1. The summed E-state index contributed by atoms with van der Waals surface area (Å²) in [5.41, 5.74) is 0. The van der Waals surface area contributed by atoms with Crippen LogP contribution >= 0.6 is 0 Å². The third kappa shape index (κ3) is 0.892. The molecular weight excluding hydrogens is 90.1 g/mol. The molecule has 0 aromatic heterocycles.